The number of alkyl halides is 3. The van der Waals surface area contributed by atoms with E-state index in [0.717, 1.165) is 25.0 Å². The van der Waals surface area contributed by atoms with E-state index in [1.54, 1.807) is 0 Å². The molecule has 3 aromatic rings. The third kappa shape index (κ3) is 7.90. The van der Waals surface area contributed by atoms with Gasteiger partial charge in [-0.25, -0.2) is 4.79 Å². The van der Waals surface area contributed by atoms with Crippen molar-refractivity contribution in [3.05, 3.63) is 65.5 Å². The van der Waals surface area contributed by atoms with Crippen LogP contribution in [0.2, 0.25) is 0 Å². The minimum Gasteiger partial charge on any atom is -0.478 e. The van der Waals surface area contributed by atoms with E-state index in [9.17, 15) is 27.9 Å². The molecule has 43 heavy (non-hydrogen) atoms. The van der Waals surface area contributed by atoms with Gasteiger partial charge in [0.05, 0.1) is 55.0 Å². The number of carboxylic acid groups (broad SMARTS) is 1. The van der Waals surface area contributed by atoms with Gasteiger partial charge < -0.3 is 24.2 Å². The smallest absolute Gasteiger partial charge is 0.419 e. The third-order valence-electron chi connectivity index (χ3n) is 7.51. The monoisotopic (exact) mass is 604 g/mol. The number of nitrogens with zero attached hydrogens (tertiary/aromatic N) is 4. The van der Waals surface area contributed by atoms with Gasteiger partial charge in [-0.1, -0.05) is 13.0 Å². The van der Waals surface area contributed by atoms with E-state index < -0.39 is 29.5 Å². The summed E-state index contributed by atoms with van der Waals surface area (Å²) in [6.45, 7) is 2.31. The average molecular weight is 605 g/mol. The first-order chi connectivity index (χ1) is 20.5. The van der Waals surface area contributed by atoms with Gasteiger partial charge in [-0.15, -0.1) is 0 Å². The lowest BCUT2D eigenvalue weighted by Gasteiger charge is -2.36. The highest BCUT2D eigenvalue weighted by atomic mass is 19.4. The van der Waals surface area contributed by atoms with Crippen molar-refractivity contribution < 1.29 is 42.1 Å². The fourth-order valence-corrected chi connectivity index (χ4v) is 5.34. The first-order valence-corrected chi connectivity index (χ1v) is 13.9. The number of halogens is 3. The van der Waals surface area contributed by atoms with Gasteiger partial charge in [-0.2, -0.15) is 28.2 Å². The molecule has 0 radical (unpaired) electrons. The quantitative estimate of drug-likeness (QED) is 0.282. The van der Waals surface area contributed by atoms with Gasteiger partial charge >= 0.3 is 12.1 Å². The third-order valence-corrected chi connectivity index (χ3v) is 7.51. The summed E-state index contributed by atoms with van der Waals surface area (Å²) in [5.41, 5.74) is -0.962. The molecule has 4 rings (SSSR count). The number of carboxylic acids is 1. The predicted octanol–water partition coefficient (Wildman–Crippen LogP) is 5.66. The first-order valence-electron chi connectivity index (χ1n) is 13.9. The molecule has 1 heterocycles. The van der Waals surface area contributed by atoms with Crippen molar-refractivity contribution in [2.75, 3.05) is 32.3 Å². The zero-order chi connectivity index (χ0) is 31.1. The Morgan fingerprint density at radius 3 is 2.26 bits per heavy atom. The number of rotatable bonds is 12. The Balaban J connectivity index is 1.70. The zero-order valence-electron chi connectivity index (χ0n) is 24.2. The van der Waals surface area contributed by atoms with Crippen molar-refractivity contribution >= 4 is 17.6 Å². The molecule has 1 amide bonds. The number of aromatic carboxylic acids is 1. The molecule has 10 nitrogen and oxygen atoms in total. The van der Waals surface area contributed by atoms with Crippen molar-refractivity contribution in [2.45, 2.75) is 51.4 Å². The second-order valence-electron chi connectivity index (χ2n) is 10.7. The second-order valence-corrected chi connectivity index (χ2v) is 10.7. The van der Waals surface area contributed by atoms with Crippen molar-refractivity contribution in [1.82, 2.24) is 15.0 Å². The van der Waals surface area contributed by atoms with Crippen molar-refractivity contribution in [3.63, 3.8) is 0 Å². The summed E-state index contributed by atoms with van der Waals surface area (Å²) < 4.78 is 58.4. The molecule has 0 aliphatic heterocycles. The molecule has 0 atom stereocenters. The van der Waals surface area contributed by atoms with Gasteiger partial charge in [-0.3, -0.25) is 4.79 Å². The van der Waals surface area contributed by atoms with Crippen LogP contribution in [0.3, 0.4) is 0 Å². The molecule has 1 saturated carbocycles. The Bertz CT molecular complexity index is 1390. The number of aromatic nitrogens is 3. The summed E-state index contributed by atoms with van der Waals surface area (Å²) in [4.78, 5) is 29.0. The Labute approximate surface area is 247 Å². The zero-order valence-corrected chi connectivity index (χ0v) is 24.2. The molecule has 1 aliphatic carbocycles. The van der Waals surface area contributed by atoms with E-state index in [1.807, 2.05) is 0 Å². The van der Waals surface area contributed by atoms with E-state index in [0.29, 0.717) is 24.3 Å². The molecule has 0 saturated heterocycles. The van der Waals surface area contributed by atoms with Crippen LogP contribution in [0, 0.1) is 11.8 Å². The molecule has 0 spiro atoms. The van der Waals surface area contributed by atoms with Crippen LogP contribution in [0.25, 0.3) is 0 Å². The van der Waals surface area contributed by atoms with Crippen LogP contribution in [0.4, 0.5) is 18.9 Å². The van der Waals surface area contributed by atoms with Crippen LogP contribution in [-0.4, -0.2) is 65.5 Å². The van der Waals surface area contributed by atoms with Gasteiger partial charge in [-0.05, 0) is 67.5 Å². The first kappa shape index (κ1) is 32.0. The standard InChI is InChI=1S/C30H35F3N4O6/c1-19-4-7-21(8-5-19)28(38)37(22(17-41-2)18-42-3)26-10-9-23(15-24(26)29(39)40)43-27-11-6-20(14-25(27)30(31,32)33)16-36-34-12-13-35-36/h6,9-15,19,21-22H,4-5,7-8,16-18H2,1-3H3,(H,39,40). The molecule has 13 heteroatoms. The average Bonchev–Trinajstić information content (AvgIpc) is 3.47. The number of ether oxygens (including phenoxy) is 3. The van der Waals surface area contributed by atoms with E-state index in [2.05, 4.69) is 17.1 Å². The summed E-state index contributed by atoms with van der Waals surface area (Å²) in [5, 5.41) is 18.0. The number of benzene rings is 2. The minimum absolute atomic E-state index is 0.0160. The maximum Gasteiger partial charge on any atom is 0.419 e. The fourth-order valence-electron chi connectivity index (χ4n) is 5.34. The van der Waals surface area contributed by atoms with Crippen LogP contribution >= 0.6 is 0 Å². The Morgan fingerprint density at radius 2 is 1.67 bits per heavy atom. The van der Waals surface area contributed by atoms with E-state index in [-0.39, 0.29) is 48.6 Å². The summed E-state index contributed by atoms with van der Waals surface area (Å²) in [5.74, 6) is -2.08. The maximum absolute atomic E-state index is 14.0. The van der Waals surface area contributed by atoms with E-state index in [4.69, 9.17) is 14.2 Å². The van der Waals surface area contributed by atoms with E-state index >= 15 is 0 Å². The van der Waals surface area contributed by atoms with Gasteiger partial charge in [0.15, 0.2) is 0 Å². The number of amides is 1. The van der Waals surface area contributed by atoms with Crippen LogP contribution in [0.15, 0.2) is 48.8 Å². The van der Waals surface area contributed by atoms with Crippen molar-refractivity contribution in [3.8, 4) is 11.5 Å². The van der Waals surface area contributed by atoms with Crippen LogP contribution in [-0.2, 0) is 27.0 Å². The topological polar surface area (TPSA) is 116 Å². The molecule has 2 aromatic carbocycles. The largest absolute Gasteiger partial charge is 0.478 e. The summed E-state index contributed by atoms with van der Waals surface area (Å²) in [6.07, 6.45) is 1.17. The van der Waals surface area contributed by atoms with Crippen LogP contribution < -0.4 is 9.64 Å². The second kappa shape index (κ2) is 14.0. The van der Waals surface area contributed by atoms with Crippen molar-refractivity contribution in [2.24, 2.45) is 11.8 Å². The number of hydrogen-bond acceptors (Lipinski definition) is 7. The lowest BCUT2D eigenvalue weighted by molar-refractivity contribution is -0.138. The molecule has 0 bridgehead atoms. The Hall–Kier alpha value is -3.97. The number of carbonyl (C=O) groups is 2. The summed E-state index contributed by atoms with van der Waals surface area (Å²) in [6, 6.07) is 6.78. The summed E-state index contributed by atoms with van der Waals surface area (Å²) in [7, 11) is 2.94. The maximum atomic E-state index is 14.0. The highest BCUT2D eigenvalue weighted by Gasteiger charge is 2.37. The highest BCUT2D eigenvalue weighted by Crippen LogP contribution is 2.40. The van der Waals surface area contributed by atoms with Crippen LogP contribution in [0.1, 0.15) is 54.1 Å². The lowest BCUT2D eigenvalue weighted by Crippen LogP contribution is -2.49. The lowest BCUT2D eigenvalue weighted by atomic mass is 9.82. The molecule has 1 N–H and O–H groups in total. The summed E-state index contributed by atoms with van der Waals surface area (Å²) >= 11 is 0. The highest BCUT2D eigenvalue weighted by molar-refractivity contribution is 6.03. The van der Waals surface area contributed by atoms with Crippen LogP contribution in [0.5, 0.6) is 11.5 Å². The van der Waals surface area contributed by atoms with Gasteiger partial charge in [0, 0.05) is 20.1 Å². The Morgan fingerprint density at radius 1 is 1.02 bits per heavy atom. The molecular formula is C30H35F3N4O6. The fraction of sp³-hybridized carbons (Fsp3) is 0.467. The van der Waals surface area contributed by atoms with Gasteiger partial charge in [0.1, 0.15) is 11.5 Å². The normalized spacial score (nSPS) is 17.2. The molecule has 1 fully saturated rings. The minimum atomic E-state index is -4.76. The van der Waals surface area contributed by atoms with Crippen molar-refractivity contribution in [1.29, 1.82) is 0 Å². The van der Waals surface area contributed by atoms with Gasteiger partial charge in [0.2, 0.25) is 5.91 Å². The number of methoxy groups -OCH3 is 2. The number of carbonyl (C=O) groups excluding carboxylic acids is 1. The predicted molar refractivity (Wildman–Crippen MR) is 150 cm³/mol. The molecule has 0 unspecified atom stereocenters. The van der Waals surface area contributed by atoms with E-state index in [1.165, 1.54) is 60.6 Å². The molecule has 232 valence electrons. The SMILES string of the molecule is COCC(COC)N(C(=O)C1CCC(C)CC1)c1ccc(Oc2ccc(Cn3nccn3)cc2C(F)(F)F)cc1C(=O)O. The molecular weight excluding hydrogens is 569 g/mol. The molecule has 1 aliphatic rings. The van der Waals surface area contributed by atoms with Gasteiger partial charge in [0.25, 0.3) is 0 Å². The molecule has 1 aromatic heterocycles. The Kier molecular flexibility index (Phi) is 10.4. The number of hydrogen-bond donors (Lipinski definition) is 1. The number of anilines is 1.